The van der Waals surface area contributed by atoms with Gasteiger partial charge in [0.1, 0.15) is 5.78 Å². The first-order valence-electron chi connectivity index (χ1n) is 22.9. The van der Waals surface area contributed by atoms with Gasteiger partial charge in [-0.2, -0.15) is 0 Å². The molecule has 4 saturated heterocycles. The molecule has 0 radical (unpaired) electrons. The first-order chi connectivity index (χ1) is 27.4. The minimum atomic E-state index is -1.42. The fourth-order valence-electron chi connectivity index (χ4n) is 10.9. The predicted octanol–water partition coefficient (Wildman–Crippen LogP) is 3.45. The molecule has 12 nitrogen and oxygen atoms in total. The minimum Gasteiger partial charge on any atom is -0.550 e. The van der Waals surface area contributed by atoms with Gasteiger partial charge in [-0.1, -0.05) is 55.4 Å². The van der Waals surface area contributed by atoms with E-state index in [4.69, 9.17) is 28.4 Å². The van der Waals surface area contributed by atoms with E-state index in [1.165, 1.54) is 0 Å². The molecule has 0 amide bonds. The van der Waals surface area contributed by atoms with Crippen LogP contribution in [0.5, 0.6) is 0 Å². The second-order valence-corrected chi connectivity index (χ2v) is 20.5. The first-order valence-corrected chi connectivity index (χ1v) is 22.9. The van der Waals surface area contributed by atoms with E-state index in [1.54, 1.807) is 27.7 Å². The van der Waals surface area contributed by atoms with Gasteiger partial charge in [0.2, 0.25) is 5.79 Å². The van der Waals surface area contributed by atoms with Crippen LogP contribution in [0.1, 0.15) is 154 Å². The van der Waals surface area contributed by atoms with Gasteiger partial charge in [0.05, 0.1) is 53.2 Å². The number of hydrogen-bond acceptors (Lipinski definition) is 12. The Morgan fingerprint density at radius 2 is 1.55 bits per heavy atom. The monoisotopic (exact) mass is 857 g/mol. The summed E-state index contributed by atoms with van der Waals surface area (Å²) >= 11 is 0. The van der Waals surface area contributed by atoms with Crippen LogP contribution in [0.3, 0.4) is 0 Å². The van der Waals surface area contributed by atoms with Gasteiger partial charge >= 0.3 is 35.5 Å². The average Bonchev–Trinajstić information content (AvgIpc) is 3.52. The smallest absolute Gasteiger partial charge is 0.550 e. The van der Waals surface area contributed by atoms with Crippen LogP contribution < -0.4 is 34.7 Å². The summed E-state index contributed by atoms with van der Waals surface area (Å²) < 4.78 is 40.5. The second kappa shape index (κ2) is 19.7. The van der Waals surface area contributed by atoms with Gasteiger partial charge in [0.15, 0.2) is 11.9 Å². The molecule has 2 N–H and O–H groups in total. The number of carbonyl (C=O) groups excluding carboxylic acids is 3. The third-order valence-electron chi connectivity index (χ3n) is 15.3. The number of carboxylic acids is 1. The molecule has 60 heavy (non-hydrogen) atoms. The van der Waals surface area contributed by atoms with E-state index >= 15 is 0 Å². The Morgan fingerprint density at radius 3 is 2.12 bits per heavy atom. The molecule has 5 aliphatic rings. The normalized spacial score (nSPS) is 42.1. The van der Waals surface area contributed by atoms with E-state index in [-0.39, 0.29) is 59.2 Å². The fraction of sp³-hybridized carbons (Fsp3) is 0.894. The maximum atomic E-state index is 14.6. The van der Waals surface area contributed by atoms with Crippen molar-refractivity contribution in [1.82, 2.24) is 0 Å². The van der Waals surface area contributed by atoms with Gasteiger partial charge in [0, 0.05) is 42.0 Å². The standard InChI is InChI=1S/C47H78O12.Na/c1-14-32(41(50)51)34-18-17-26(4)39(55-34)30(8)37(48)29(7)38(49)33(15-2)40-27(5)25-28(6)46(57-40)22-20-36(56-42(52)43(10,11)12)47(59-46)24-23-44(13,58-47)35-19-21-45(53,16-3)31(9)54-35;/h20,22,26-37,39-40,48,53H,14-19,21,23-25H2,1-13H3,(H,50,51);/q;+1/p-1/t26-,27-,28+,29-,30-,31-,32+,33-,34+,35+,36+,37+,39+,40-,44-,45+,46-,47-;/m0./s1. The van der Waals surface area contributed by atoms with Crippen LogP contribution in [0.15, 0.2) is 12.2 Å². The van der Waals surface area contributed by atoms with Crippen molar-refractivity contribution in [1.29, 1.82) is 0 Å². The molecule has 13 heteroatoms. The van der Waals surface area contributed by atoms with Crippen molar-refractivity contribution in [3.05, 3.63) is 12.2 Å². The number of hydrogen-bond donors (Lipinski definition) is 2. The van der Waals surface area contributed by atoms with E-state index in [0.29, 0.717) is 57.8 Å². The molecule has 0 aromatic carbocycles. The Bertz CT molecular complexity index is 1530. The molecule has 2 spiro atoms. The Kier molecular flexibility index (Phi) is 16.9. The summed E-state index contributed by atoms with van der Waals surface area (Å²) in [5, 5.41) is 34.9. The Hall–Kier alpha value is -0.930. The molecule has 0 bridgehead atoms. The van der Waals surface area contributed by atoms with E-state index in [0.717, 1.165) is 6.42 Å². The van der Waals surface area contributed by atoms with E-state index in [2.05, 4.69) is 13.8 Å². The molecular formula is C47H77NaO12. The summed E-state index contributed by atoms with van der Waals surface area (Å²) in [5.41, 5.74) is -2.52. The van der Waals surface area contributed by atoms with Crippen LogP contribution in [0, 0.1) is 46.8 Å². The Morgan fingerprint density at radius 1 is 0.900 bits per heavy atom. The summed E-state index contributed by atoms with van der Waals surface area (Å²) in [4.78, 5) is 40.0. The number of ether oxygens (including phenoxy) is 6. The van der Waals surface area contributed by atoms with Gasteiger partial charge in [-0.3, -0.25) is 9.59 Å². The summed E-state index contributed by atoms with van der Waals surface area (Å²) in [6.45, 7) is 24.9. The number of rotatable bonds is 13. The first kappa shape index (κ1) is 51.7. The van der Waals surface area contributed by atoms with Crippen molar-refractivity contribution >= 4 is 17.7 Å². The van der Waals surface area contributed by atoms with Crippen molar-refractivity contribution in [3.63, 3.8) is 0 Å². The second-order valence-electron chi connectivity index (χ2n) is 20.5. The molecule has 5 rings (SSSR count). The number of aliphatic carboxylic acids is 1. The summed E-state index contributed by atoms with van der Waals surface area (Å²) in [5.74, 6) is -6.96. The van der Waals surface area contributed by atoms with Crippen molar-refractivity contribution in [2.24, 2.45) is 46.8 Å². The molecule has 4 fully saturated rings. The SMILES string of the molecule is CC[C@@H](C(=O)[C@@H](C)[C@@H](O)[C@H](C)[C@@H]1O[C@@H]([C@@H](CC)C(=O)[O-])CC[C@@H]1C)[C@H]1O[C@]2(C=C[C@@H](OC(=O)C(C)(C)C)[C@]3(CC[C@@](C)([C@H]4CC[C@](O)(CC)[C@H](C)O4)O3)O2)[C@H](C)C[C@@H]1C.[Na+]. The van der Waals surface area contributed by atoms with Crippen LogP contribution in [-0.2, 0) is 42.8 Å². The van der Waals surface area contributed by atoms with Crippen molar-refractivity contribution in [2.45, 2.75) is 220 Å². The molecule has 0 unspecified atom stereocenters. The number of ketones is 1. The van der Waals surface area contributed by atoms with Gasteiger partial charge in [-0.25, -0.2) is 0 Å². The van der Waals surface area contributed by atoms with E-state index in [9.17, 15) is 29.7 Å². The number of esters is 1. The minimum absolute atomic E-state index is 0. The fourth-order valence-corrected chi connectivity index (χ4v) is 10.9. The number of Topliss-reactive ketones (excluding diaryl/α,β-unsaturated/α-hetero) is 1. The van der Waals surface area contributed by atoms with Crippen LogP contribution in [-0.4, -0.2) is 93.4 Å². The van der Waals surface area contributed by atoms with Gasteiger partial charge in [-0.15, -0.1) is 0 Å². The molecule has 5 heterocycles. The average molecular weight is 857 g/mol. The van der Waals surface area contributed by atoms with Crippen molar-refractivity contribution < 1.29 is 87.7 Å². The zero-order valence-electron chi connectivity index (χ0n) is 39.3. The summed E-state index contributed by atoms with van der Waals surface area (Å²) in [7, 11) is 0. The maximum Gasteiger partial charge on any atom is 1.00 e. The van der Waals surface area contributed by atoms with Gasteiger partial charge in [-0.05, 0) is 116 Å². The third-order valence-corrected chi connectivity index (χ3v) is 15.3. The molecule has 18 atom stereocenters. The van der Waals surface area contributed by atoms with Gasteiger partial charge < -0.3 is 48.5 Å². The topological polar surface area (TPSA) is 170 Å². The predicted molar refractivity (Wildman–Crippen MR) is 219 cm³/mol. The molecular weight excluding hydrogens is 779 g/mol. The molecule has 0 saturated carbocycles. The van der Waals surface area contributed by atoms with Crippen LogP contribution in [0.25, 0.3) is 0 Å². The zero-order chi connectivity index (χ0) is 44.0. The number of carbonyl (C=O) groups is 3. The quantitative estimate of drug-likeness (QED) is 0.158. The largest absolute Gasteiger partial charge is 1.00 e. The van der Waals surface area contributed by atoms with E-state index in [1.807, 2.05) is 60.6 Å². The van der Waals surface area contributed by atoms with Crippen LogP contribution in [0.2, 0.25) is 0 Å². The van der Waals surface area contributed by atoms with Crippen molar-refractivity contribution in [3.8, 4) is 0 Å². The molecule has 0 aromatic heterocycles. The molecule has 0 aromatic rings. The van der Waals surface area contributed by atoms with Gasteiger partial charge in [0.25, 0.3) is 0 Å². The zero-order valence-corrected chi connectivity index (χ0v) is 41.3. The maximum absolute atomic E-state index is 14.6. The number of aliphatic hydroxyl groups excluding tert-OH is 1. The number of carboxylic acid groups (broad SMARTS) is 1. The van der Waals surface area contributed by atoms with Crippen LogP contribution >= 0.6 is 0 Å². The number of aliphatic hydroxyl groups is 2. The molecule has 0 aliphatic carbocycles. The Balaban J connectivity index is 0.00000794. The Labute approximate surface area is 382 Å². The van der Waals surface area contributed by atoms with Crippen molar-refractivity contribution in [2.75, 3.05) is 0 Å². The van der Waals surface area contributed by atoms with E-state index < -0.39 is 100 Å². The summed E-state index contributed by atoms with van der Waals surface area (Å²) in [6.07, 6.45) is 5.14. The molecule has 5 aliphatic heterocycles. The van der Waals surface area contributed by atoms with Crippen LogP contribution in [0.4, 0.5) is 0 Å². The third kappa shape index (κ3) is 10.1. The molecule has 338 valence electrons. The summed E-state index contributed by atoms with van der Waals surface area (Å²) in [6, 6.07) is 0.